The summed E-state index contributed by atoms with van der Waals surface area (Å²) in [4.78, 5) is 4.39. The molecule has 1 heterocycles. The van der Waals surface area contributed by atoms with Gasteiger partial charge in [0, 0.05) is 12.2 Å². The second-order valence-corrected chi connectivity index (χ2v) is 8.57. The number of nitrogens with one attached hydrogen (secondary N) is 1. The molecule has 0 aliphatic rings. The van der Waals surface area contributed by atoms with Gasteiger partial charge >= 0.3 is 0 Å². The molecular formula is C14H24N2O3S. The average molecular weight is 300 g/mol. The molecule has 114 valence electrons. The van der Waals surface area contributed by atoms with Gasteiger partial charge in [-0.2, -0.15) is 0 Å². The summed E-state index contributed by atoms with van der Waals surface area (Å²) in [6, 6.07) is 3.69. The Hall–Kier alpha value is -1.14. The molecule has 0 fully saturated rings. The van der Waals surface area contributed by atoms with E-state index in [1.54, 1.807) is 20.8 Å². The van der Waals surface area contributed by atoms with Gasteiger partial charge in [0.05, 0.1) is 16.2 Å². The first-order chi connectivity index (χ1) is 9.17. The number of sulfone groups is 1. The van der Waals surface area contributed by atoms with Crippen LogP contribution in [0.4, 0.5) is 0 Å². The Kier molecular flexibility index (Phi) is 5.53. The maximum absolute atomic E-state index is 12.0. The van der Waals surface area contributed by atoms with Crippen LogP contribution in [0.3, 0.4) is 0 Å². The third-order valence-corrected chi connectivity index (χ3v) is 5.53. The van der Waals surface area contributed by atoms with Crippen molar-refractivity contribution in [3.8, 4) is 5.75 Å². The molecular weight excluding hydrogens is 276 g/mol. The Labute approximate surface area is 121 Å². The molecule has 6 heteroatoms. The molecule has 0 bridgehead atoms. The van der Waals surface area contributed by atoms with Crippen molar-refractivity contribution in [1.29, 1.82) is 0 Å². The van der Waals surface area contributed by atoms with Crippen molar-refractivity contribution in [2.75, 3.05) is 19.4 Å². The highest BCUT2D eigenvalue weighted by Gasteiger charge is 2.28. The van der Waals surface area contributed by atoms with Crippen LogP contribution in [-0.4, -0.2) is 37.6 Å². The summed E-state index contributed by atoms with van der Waals surface area (Å²) < 4.78 is 28.8. The molecule has 0 aliphatic carbocycles. The molecule has 0 unspecified atom stereocenters. The van der Waals surface area contributed by atoms with E-state index in [1.165, 1.54) is 0 Å². The predicted octanol–water partition coefficient (Wildman–Crippen LogP) is 1.70. The van der Waals surface area contributed by atoms with Crippen LogP contribution in [0.15, 0.2) is 12.1 Å². The van der Waals surface area contributed by atoms with E-state index in [9.17, 15) is 8.42 Å². The third kappa shape index (κ3) is 4.45. The van der Waals surface area contributed by atoms with Crippen LogP contribution >= 0.6 is 0 Å². The molecule has 1 aromatic rings. The SMILES string of the molecule is CNCc1nc(C)ccc1OCCS(=O)(=O)C(C)(C)C. The molecule has 0 atom stereocenters. The lowest BCUT2D eigenvalue weighted by molar-refractivity contribution is 0.333. The summed E-state index contributed by atoms with van der Waals surface area (Å²) in [5.41, 5.74) is 1.70. The number of pyridine rings is 1. The lowest BCUT2D eigenvalue weighted by Crippen LogP contribution is -2.32. The smallest absolute Gasteiger partial charge is 0.158 e. The highest BCUT2D eigenvalue weighted by molar-refractivity contribution is 7.92. The van der Waals surface area contributed by atoms with Gasteiger partial charge in [0.2, 0.25) is 0 Å². The molecule has 5 nitrogen and oxygen atoms in total. The molecule has 0 saturated heterocycles. The van der Waals surface area contributed by atoms with Crippen molar-refractivity contribution in [2.45, 2.75) is 39.0 Å². The van der Waals surface area contributed by atoms with E-state index in [0.29, 0.717) is 12.3 Å². The molecule has 0 spiro atoms. The molecule has 0 radical (unpaired) electrons. The normalized spacial score (nSPS) is 12.4. The lowest BCUT2D eigenvalue weighted by atomic mass is 10.3. The van der Waals surface area contributed by atoms with E-state index in [1.807, 2.05) is 26.1 Å². The van der Waals surface area contributed by atoms with E-state index in [0.717, 1.165) is 11.4 Å². The molecule has 20 heavy (non-hydrogen) atoms. The van der Waals surface area contributed by atoms with Gasteiger partial charge in [-0.15, -0.1) is 0 Å². The molecule has 0 aliphatic heterocycles. The van der Waals surface area contributed by atoms with Gasteiger partial charge < -0.3 is 10.1 Å². The summed E-state index contributed by atoms with van der Waals surface area (Å²) in [6.45, 7) is 7.73. The minimum Gasteiger partial charge on any atom is -0.491 e. The second kappa shape index (κ2) is 6.54. The Balaban J connectivity index is 2.72. The fourth-order valence-electron chi connectivity index (χ4n) is 1.59. The van der Waals surface area contributed by atoms with Crippen LogP contribution in [0.25, 0.3) is 0 Å². The van der Waals surface area contributed by atoms with Gasteiger partial charge in [-0.1, -0.05) is 0 Å². The van der Waals surface area contributed by atoms with Crippen molar-refractivity contribution < 1.29 is 13.2 Å². The van der Waals surface area contributed by atoms with Crippen molar-refractivity contribution in [3.63, 3.8) is 0 Å². The number of ether oxygens (including phenoxy) is 1. The van der Waals surface area contributed by atoms with E-state index in [-0.39, 0.29) is 12.4 Å². The fraction of sp³-hybridized carbons (Fsp3) is 0.643. The van der Waals surface area contributed by atoms with Crippen LogP contribution in [0.1, 0.15) is 32.2 Å². The Morgan fingerprint density at radius 1 is 1.30 bits per heavy atom. The largest absolute Gasteiger partial charge is 0.491 e. The standard InChI is InChI=1S/C14H24N2O3S/c1-11-6-7-13(12(16-11)10-15-5)19-8-9-20(17,18)14(2,3)4/h6-7,15H,8-10H2,1-5H3. The van der Waals surface area contributed by atoms with E-state index >= 15 is 0 Å². The van der Waals surface area contributed by atoms with Gasteiger partial charge in [-0.25, -0.2) is 8.42 Å². The zero-order valence-corrected chi connectivity index (χ0v) is 13.7. The van der Waals surface area contributed by atoms with Crippen molar-refractivity contribution in [1.82, 2.24) is 10.3 Å². The van der Waals surface area contributed by atoms with Crippen LogP contribution < -0.4 is 10.1 Å². The minimum atomic E-state index is -3.16. The quantitative estimate of drug-likeness (QED) is 0.866. The summed E-state index contributed by atoms with van der Waals surface area (Å²) >= 11 is 0. The topological polar surface area (TPSA) is 68.3 Å². The minimum absolute atomic E-state index is 0.00334. The average Bonchev–Trinajstić information content (AvgIpc) is 2.30. The zero-order valence-electron chi connectivity index (χ0n) is 12.9. The summed E-state index contributed by atoms with van der Waals surface area (Å²) in [5, 5.41) is 3.02. The third-order valence-electron chi connectivity index (χ3n) is 2.96. The Morgan fingerprint density at radius 3 is 2.50 bits per heavy atom. The number of hydrogen-bond acceptors (Lipinski definition) is 5. The number of nitrogens with zero attached hydrogens (tertiary/aromatic N) is 1. The van der Waals surface area contributed by atoms with Crippen LogP contribution in [0.2, 0.25) is 0 Å². The Morgan fingerprint density at radius 2 is 1.95 bits per heavy atom. The van der Waals surface area contributed by atoms with E-state index in [4.69, 9.17) is 4.74 Å². The first-order valence-electron chi connectivity index (χ1n) is 6.63. The summed E-state index contributed by atoms with van der Waals surface area (Å²) in [5.74, 6) is 0.637. The zero-order chi connectivity index (χ0) is 15.4. The highest BCUT2D eigenvalue weighted by Crippen LogP contribution is 2.19. The van der Waals surface area contributed by atoms with Crippen LogP contribution in [-0.2, 0) is 16.4 Å². The first kappa shape index (κ1) is 16.9. The van der Waals surface area contributed by atoms with Gasteiger partial charge in [0.25, 0.3) is 0 Å². The molecule has 0 saturated carbocycles. The molecule has 1 aromatic heterocycles. The monoisotopic (exact) mass is 300 g/mol. The van der Waals surface area contributed by atoms with Gasteiger partial charge in [-0.3, -0.25) is 4.98 Å². The molecule has 1 N–H and O–H groups in total. The lowest BCUT2D eigenvalue weighted by Gasteiger charge is -2.19. The van der Waals surface area contributed by atoms with Gasteiger partial charge in [0.1, 0.15) is 12.4 Å². The van der Waals surface area contributed by atoms with Crippen molar-refractivity contribution in [3.05, 3.63) is 23.5 Å². The van der Waals surface area contributed by atoms with E-state index in [2.05, 4.69) is 10.3 Å². The predicted molar refractivity (Wildman–Crippen MR) is 80.8 cm³/mol. The van der Waals surface area contributed by atoms with Gasteiger partial charge in [-0.05, 0) is 46.9 Å². The molecule has 1 rings (SSSR count). The Bertz CT molecular complexity index is 548. The van der Waals surface area contributed by atoms with Crippen LogP contribution in [0.5, 0.6) is 5.75 Å². The summed E-state index contributed by atoms with van der Waals surface area (Å²) in [6.07, 6.45) is 0. The van der Waals surface area contributed by atoms with Crippen molar-refractivity contribution >= 4 is 9.84 Å². The van der Waals surface area contributed by atoms with Gasteiger partial charge in [0.15, 0.2) is 9.84 Å². The number of aryl methyl sites for hydroxylation is 1. The number of hydrogen-bond donors (Lipinski definition) is 1. The maximum Gasteiger partial charge on any atom is 0.158 e. The molecule has 0 aromatic carbocycles. The number of rotatable bonds is 6. The maximum atomic E-state index is 12.0. The first-order valence-corrected chi connectivity index (χ1v) is 8.29. The van der Waals surface area contributed by atoms with Crippen LogP contribution in [0, 0.1) is 6.92 Å². The highest BCUT2D eigenvalue weighted by atomic mass is 32.2. The second-order valence-electron chi connectivity index (χ2n) is 5.71. The molecule has 0 amide bonds. The van der Waals surface area contributed by atoms with E-state index < -0.39 is 14.6 Å². The number of aromatic nitrogens is 1. The fourth-order valence-corrected chi connectivity index (χ4v) is 2.51. The van der Waals surface area contributed by atoms with Crippen molar-refractivity contribution in [2.24, 2.45) is 0 Å². The summed E-state index contributed by atoms with van der Waals surface area (Å²) in [7, 11) is -1.33.